The first-order valence-corrected chi connectivity index (χ1v) is 10.0. The Hall–Kier alpha value is -2.18. The van der Waals surface area contributed by atoms with E-state index in [-0.39, 0.29) is 10.6 Å². The van der Waals surface area contributed by atoms with Gasteiger partial charge in [-0.15, -0.1) is 6.58 Å². The van der Waals surface area contributed by atoms with E-state index in [2.05, 4.69) is 11.5 Å². The summed E-state index contributed by atoms with van der Waals surface area (Å²) in [7, 11) is -1.78. The molecular formula is C20H24FNO3S. The van der Waals surface area contributed by atoms with E-state index in [0.29, 0.717) is 26.1 Å². The summed E-state index contributed by atoms with van der Waals surface area (Å²) in [6.07, 6.45) is 2.29. The van der Waals surface area contributed by atoms with E-state index >= 15 is 0 Å². The maximum atomic E-state index is 13.0. The summed E-state index contributed by atoms with van der Waals surface area (Å²) in [6, 6.07) is 12.7. The van der Waals surface area contributed by atoms with Gasteiger partial charge in [-0.1, -0.05) is 18.2 Å². The zero-order chi connectivity index (χ0) is 19.0. The summed E-state index contributed by atoms with van der Waals surface area (Å²) in [5.41, 5.74) is 1.12. The van der Waals surface area contributed by atoms with Gasteiger partial charge in [0.05, 0.1) is 17.8 Å². The van der Waals surface area contributed by atoms with Gasteiger partial charge in [0, 0.05) is 13.1 Å². The van der Waals surface area contributed by atoms with Crippen LogP contribution in [0.25, 0.3) is 0 Å². The zero-order valence-corrected chi connectivity index (χ0v) is 15.7. The van der Waals surface area contributed by atoms with Crippen LogP contribution < -0.4 is 4.74 Å². The zero-order valence-electron chi connectivity index (χ0n) is 14.9. The number of hydrogen-bond donors (Lipinski definition) is 0. The molecule has 0 N–H and O–H groups in total. The molecule has 0 saturated carbocycles. The van der Waals surface area contributed by atoms with Gasteiger partial charge in [-0.2, -0.15) is 0 Å². The van der Waals surface area contributed by atoms with Crippen molar-refractivity contribution in [1.82, 2.24) is 4.90 Å². The highest BCUT2D eigenvalue weighted by molar-refractivity contribution is 7.91. The van der Waals surface area contributed by atoms with Crippen molar-refractivity contribution < 1.29 is 17.5 Å². The lowest BCUT2D eigenvalue weighted by Gasteiger charge is -2.21. The highest BCUT2D eigenvalue weighted by atomic mass is 32.2. The van der Waals surface area contributed by atoms with Crippen molar-refractivity contribution in [1.29, 1.82) is 0 Å². The smallest absolute Gasteiger partial charge is 0.178 e. The molecule has 0 amide bonds. The van der Waals surface area contributed by atoms with Crippen LogP contribution in [0.3, 0.4) is 0 Å². The van der Waals surface area contributed by atoms with Gasteiger partial charge < -0.3 is 4.74 Å². The first-order valence-electron chi connectivity index (χ1n) is 8.39. The summed E-state index contributed by atoms with van der Waals surface area (Å²) in [4.78, 5) is 2.29. The fraction of sp³-hybridized carbons (Fsp3) is 0.300. The van der Waals surface area contributed by atoms with Crippen LogP contribution >= 0.6 is 0 Å². The monoisotopic (exact) mass is 377 g/mol. The minimum Gasteiger partial charge on any atom is -0.497 e. The number of rotatable bonds is 10. The summed E-state index contributed by atoms with van der Waals surface area (Å²) in [5, 5.41) is 0. The molecule has 0 unspecified atom stereocenters. The van der Waals surface area contributed by atoms with Crippen molar-refractivity contribution in [2.45, 2.75) is 17.9 Å². The summed E-state index contributed by atoms with van der Waals surface area (Å²) in [5.74, 6) is 0.379. The van der Waals surface area contributed by atoms with Gasteiger partial charge in [-0.3, -0.25) is 4.90 Å². The number of nitrogens with zero attached hydrogens (tertiary/aromatic N) is 1. The predicted molar refractivity (Wildman–Crippen MR) is 102 cm³/mol. The average Bonchev–Trinajstić information content (AvgIpc) is 2.63. The first kappa shape index (κ1) is 20.1. The van der Waals surface area contributed by atoms with Crippen molar-refractivity contribution in [3.05, 3.63) is 72.6 Å². The van der Waals surface area contributed by atoms with Crippen molar-refractivity contribution in [2.75, 3.05) is 26.0 Å². The van der Waals surface area contributed by atoms with E-state index in [1.54, 1.807) is 13.2 Å². The molecular weight excluding hydrogens is 353 g/mol. The Bertz CT molecular complexity index is 802. The fourth-order valence-corrected chi connectivity index (χ4v) is 3.94. The molecule has 0 aromatic heterocycles. The molecule has 2 rings (SSSR count). The van der Waals surface area contributed by atoms with E-state index in [0.717, 1.165) is 11.3 Å². The number of halogens is 1. The molecule has 0 bridgehead atoms. The summed E-state index contributed by atoms with van der Waals surface area (Å²) >= 11 is 0. The molecule has 26 heavy (non-hydrogen) atoms. The van der Waals surface area contributed by atoms with Gasteiger partial charge in [0.2, 0.25) is 0 Å². The average molecular weight is 377 g/mol. The van der Waals surface area contributed by atoms with E-state index in [1.807, 2.05) is 24.3 Å². The lowest BCUT2D eigenvalue weighted by Crippen LogP contribution is -2.26. The first-order chi connectivity index (χ1) is 12.4. The van der Waals surface area contributed by atoms with Gasteiger partial charge in [0.1, 0.15) is 11.6 Å². The van der Waals surface area contributed by atoms with E-state index in [1.165, 1.54) is 24.3 Å². The molecule has 0 aliphatic carbocycles. The quantitative estimate of drug-likeness (QED) is 0.468. The molecule has 0 heterocycles. The lowest BCUT2D eigenvalue weighted by molar-refractivity contribution is 0.295. The molecule has 2 aromatic rings. The Kier molecular flexibility index (Phi) is 7.36. The Morgan fingerprint density at radius 1 is 1.12 bits per heavy atom. The molecule has 0 radical (unpaired) electrons. The van der Waals surface area contributed by atoms with E-state index < -0.39 is 15.7 Å². The van der Waals surface area contributed by atoms with Crippen LogP contribution in [0.2, 0.25) is 0 Å². The van der Waals surface area contributed by atoms with Crippen LogP contribution in [0.5, 0.6) is 5.75 Å². The minimum atomic E-state index is -3.41. The summed E-state index contributed by atoms with van der Waals surface area (Å²) in [6.45, 7) is 5.76. The molecule has 0 fully saturated rings. The second kappa shape index (κ2) is 9.50. The number of hydrogen-bond acceptors (Lipinski definition) is 4. The van der Waals surface area contributed by atoms with Crippen LogP contribution in [-0.2, 0) is 16.4 Å². The Morgan fingerprint density at radius 3 is 2.35 bits per heavy atom. The number of methoxy groups -OCH3 is 1. The minimum absolute atomic E-state index is 0.0227. The Labute approximate surface area is 154 Å². The van der Waals surface area contributed by atoms with Gasteiger partial charge in [0.15, 0.2) is 9.84 Å². The lowest BCUT2D eigenvalue weighted by atomic mass is 10.2. The van der Waals surface area contributed by atoms with Crippen molar-refractivity contribution >= 4 is 9.84 Å². The van der Waals surface area contributed by atoms with Crippen molar-refractivity contribution in [3.8, 4) is 5.75 Å². The molecule has 0 aliphatic rings. The van der Waals surface area contributed by atoms with Crippen LogP contribution in [0.1, 0.15) is 12.0 Å². The number of ether oxygens (including phenoxy) is 1. The van der Waals surface area contributed by atoms with Crippen molar-refractivity contribution in [3.63, 3.8) is 0 Å². The molecule has 0 atom stereocenters. The molecule has 0 saturated heterocycles. The van der Waals surface area contributed by atoms with Crippen LogP contribution in [-0.4, -0.2) is 39.3 Å². The third kappa shape index (κ3) is 5.97. The van der Waals surface area contributed by atoms with Gasteiger partial charge in [-0.25, -0.2) is 12.8 Å². The maximum Gasteiger partial charge on any atom is 0.178 e. The molecule has 0 aliphatic heterocycles. The van der Waals surface area contributed by atoms with E-state index in [9.17, 15) is 12.8 Å². The normalized spacial score (nSPS) is 11.5. The van der Waals surface area contributed by atoms with Gasteiger partial charge in [0.25, 0.3) is 0 Å². The van der Waals surface area contributed by atoms with Crippen LogP contribution in [0.15, 0.2) is 66.1 Å². The van der Waals surface area contributed by atoms with Gasteiger partial charge >= 0.3 is 0 Å². The van der Waals surface area contributed by atoms with Gasteiger partial charge in [-0.05, 0) is 54.9 Å². The summed E-state index contributed by atoms with van der Waals surface area (Å²) < 4.78 is 42.8. The predicted octanol–water partition coefficient (Wildman–Crippen LogP) is 3.69. The molecule has 140 valence electrons. The molecule has 0 spiro atoms. The SMILES string of the molecule is C=CCN(CCCS(=O)(=O)c1ccc(F)cc1)Cc1ccc(OC)cc1. The highest BCUT2D eigenvalue weighted by Crippen LogP contribution is 2.15. The molecule has 2 aromatic carbocycles. The number of benzene rings is 2. The third-order valence-corrected chi connectivity index (χ3v) is 5.83. The topological polar surface area (TPSA) is 46.6 Å². The fourth-order valence-electron chi connectivity index (χ4n) is 2.64. The van der Waals surface area contributed by atoms with Crippen LogP contribution in [0, 0.1) is 5.82 Å². The largest absolute Gasteiger partial charge is 0.497 e. The second-order valence-corrected chi connectivity index (χ2v) is 8.11. The Balaban J connectivity index is 1.92. The van der Waals surface area contributed by atoms with Crippen molar-refractivity contribution in [2.24, 2.45) is 0 Å². The molecule has 4 nitrogen and oxygen atoms in total. The highest BCUT2D eigenvalue weighted by Gasteiger charge is 2.15. The Morgan fingerprint density at radius 2 is 1.77 bits per heavy atom. The van der Waals surface area contributed by atoms with E-state index in [4.69, 9.17) is 4.74 Å². The second-order valence-electron chi connectivity index (χ2n) is 6.00. The van der Waals surface area contributed by atoms with Crippen LogP contribution in [0.4, 0.5) is 4.39 Å². The standard InChI is InChI=1S/C20H24FNO3S/c1-3-13-22(16-17-5-9-19(25-2)10-6-17)14-4-15-26(23,24)20-11-7-18(21)8-12-20/h3,5-12H,1,4,13-16H2,2H3. The third-order valence-electron chi connectivity index (χ3n) is 4.01. The number of sulfone groups is 1. The molecule has 6 heteroatoms. The maximum absolute atomic E-state index is 13.0.